The maximum absolute atomic E-state index is 14.4. The fraction of sp³-hybridized carbons (Fsp3) is 0.188. The van der Waals surface area contributed by atoms with Gasteiger partial charge in [-0.2, -0.15) is 13.2 Å². The number of nitrogens with two attached hydrogens (primary N) is 1. The lowest BCUT2D eigenvalue weighted by Gasteiger charge is -2.27. The van der Waals surface area contributed by atoms with Crippen LogP contribution in [0.15, 0.2) is 42.5 Å². The maximum atomic E-state index is 14.4. The number of benzene rings is 2. The van der Waals surface area contributed by atoms with Crippen molar-refractivity contribution in [2.75, 3.05) is 11.0 Å². The molecule has 4 N–H and O–H groups in total. The molecule has 0 heterocycles. The Morgan fingerprint density at radius 1 is 1.11 bits per heavy atom. The number of carbonyl (C=O) groups excluding carboxylic acids is 1. The van der Waals surface area contributed by atoms with Gasteiger partial charge in [-0.15, -0.1) is 0 Å². The lowest BCUT2D eigenvalue weighted by Crippen LogP contribution is -2.42. The molecule has 1 unspecified atom stereocenters. The summed E-state index contributed by atoms with van der Waals surface area (Å²) < 4.78 is 78.5. The molecule has 2 rings (SSSR count). The van der Waals surface area contributed by atoms with Gasteiger partial charge in [0.2, 0.25) is 10.0 Å². The molecule has 1 amide bonds. The van der Waals surface area contributed by atoms with Gasteiger partial charge in [-0.1, -0.05) is 30.3 Å². The quantitative estimate of drug-likeness (QED) is 0.659. The van der Waals surface area contributed by atoms with E-state index in [-0.39, 0.29) is 11.6 Å². The molecule has 1 atom stereocenters. The number of alkyl halides is 3. The summed E-state index contributed by atoms with van der Waals surface area (Å²) in [7, 11) is -4.24. The summed E-state index contributed by atoms with van der Waals surface area (Å²) in [5, 5.41) is 10.7. The molecular formula is C16H14F4N2O4S. The molecule has 0 fully saturated rings. The van der Waals surface area contributed by atoms with E-state index in [0.29, 0.717) is 12.3 Å². The zero-order chi connectivity index (χ0) is 20.6. The zero-order valence-corrected chi connectivity index (χ0v) is 14.5. The van der Waals surface area contributed by atoms with Gasteiger partial charge >= 0.3 is 6.18 Å². The Balaban J connectivity index is 2.81. The zero-order valence-electron chi connectivity index (χ0n) is 13.7. The Morgan fingerprint density at radius 2 is 1.67 bits per heavy atom. The van der Waals surface area contributed by atoms with E-state index in [9.17, 15) is 35.9 Å². The van der Waals surface area contributed by atoms with E-state index in [0.717, 1.165) is 0 Å². The second-order valence-electron chi connectivity index (χ2n) is 5.69. The van der Waals surface area contributed by atoms with E-state index >= 15 is 0 Å². The van der Waals surface area contributed by atoms with Crippen LogP contribution in [0.25, 0.3) is 0 Å². The van der Waals surface area contributed by atoms with Gasteiger partial charge in [-0.05, 0) is 17.7 Å². The van der Waals surface area contributed by atoms with Crippen LogP contribution >= 0.6 is 0 Å². The summed E-state index contributed by atoms with van der Waals surface area (Å²) in [6, 6.07) is 7.44. The number of aliphatic hydroxyl groups is 1. The molecule has 0 aliphatic carbocycles. The van der Waals surface area contributed by atoms with Gasteiger partial charge in [0.15, 0.2) is 5.60 Å². The van der Waals surface area contributed by atoms with Crippen molar-refractivity contribution in [2.24, 2.45) is 5.73 Å². The summed E-state index contributed by atoms with van der Waals surface area (Å²) in [6.07, 6.45) is -4.65. The lowest BCUT2D eigenvalue weighted by molar-refractivity contribution is -0.138. The van der Waals surface area contributed by atoms with Gasteiger partial charge < -0.3 is 10.8 Å². The molecule has 0 saturated carbocycles. The Morgan fingerprint density at radius 3 is 2.11 bits per heavy atom. The topological polar surface area (TPSA) is 109 Å². The highest BCUT2D eigenvalue weighted by atomic mass is 32.2. The first kappa shape index (κ1) is 20.6. The number of hydrogen-bond acceptors (Lipinski definition) is 4. The Labute approximate surface area is 151 Å². The van der Waals surface area contributed by atoms with Gasteiger partial charge in [0, 0.05) is 5.56 Å². The van der Waals surface area contributed by atoms with Crippen LogP contribution in [0.2, 0.25) is 0 Å². The van der Waals surface area contributed by atoms with E-state index in [1.807, 2.05) is 0 Å². The monoisotopic (exact) mass is 406 g/mol. The SMILES string of the molecule is CS(=O)(=O)Nc1c(F)cc(C(O)(C(N)=O)c2ccccc2)cc1C(F)(F)F. The van der Waals surface area contributed by atoms with Crippen molar-refractivity contribution in [3.63, 3.8) is 0 Å². The summed E-state index contributed by atoms with van der Waals surface area (Å²) in [5.74, 6) is -3.08. The number of anilines is 1. The second kappa shape index (κ2) is 6.82. The summed E-state index contributed by atoms with van der Waals surface area (Å²) in [6.45, 7) is 0. The molecule has 0 bridgehead atoms. The van der Waals surface area contributed by atoms with Crippen LogP contribution in [0.1, 0.15) is 16.7 Å². The molecule has 0 radical (unpaired) electrons. The Hall–Kier alpha value is -2.66. The minimum absolute atomic E-state index is 0.186. The van der Waals surface area contributed by atoms with Gasteiger partial charge in [-0.25, -0.2) is 12.8 Å². The standard InChI is InChI=1S/C16H14F4N2O4S/c1-27(25,26)22-13-11(16(18,19)20)7-10(8-12(13)17)15(24,14(21)23)9-5-3-2-4-6-9/h2-8,22,24H,1H3,(H2,21,23). The van der Waals surface area contributed by atoms with Gasteiger partial charge in [0.1, 0.15) is 5.82 Å². The third-order valence-corrected chi connectivity index (χ3v) is 4.22. The minimum atomic E-state index is -5.20. The van der Waals surface area contributed by atoms with Crippen LogP contribution in [0.3, 0.4) is 0 Å². The normalized spacial score (nSPS) is 14.4. The van der Waals surface area contributed by atoms with Crippen molar-refractivity contribution < 1.29 is 35.9 Å². The third-order valence-electron chi connectivity index (χ3n) is 3.65. The van der Waals surface area contributed by atoms with Crippen LogP contribution in [0, 0.1) is 5.82 Å². The number of sulfonamides is 1. The highest BCUT2D eigenvalue weighted by molar-refractivity contribution is 7.92. The van der Waals surface area contributed by atoms with Crippen molar-refractivity contribution in [3.05, 3.63) is 65.0 Å². The van der Waals surface area contributed by atoms with E-state index < -0.39 is 50.3 Å². The van der Waals surface area contributed by atoms with E-state index in [2.05, 4.69) is 0 Å². The van der Waals surface area contributed by atoms with Gasteiger partial charge in [0.05, 0.1) is 17.5 Å². The van der Waals surface area contributed by atoms with E-state index in [1.54, 1.807) is 0 Å². The fourth-order valence-electron chi connectivity index (χ4n) is 2.46. The number of primary amides is 1. The first-order valence-electron chi connectivity index (χ1n) is 7.23. The predicted octanol–water partition coefficient (Wildman–Crippen LogP) is 1.94. The van der Waals surface area contributed by atoms with Crippen molar-refractivity contribution in [1.82, 2.24) is 0 Å². The van der Waals surface area contributed by atoms with Crippen LogP contribution in [0.4, 0.5) is 23.2 Å². The third kappa shape index (κ3) is 4.19. The summed E-state index contributed by atoms with van der Waals surface area (Å²) in [5.41, 5.74) is -1.66. The highest BCUT2D eigenvalue weighted by Crippen LogP contribution is 2.41. The molecule has 27 heavy (non-hydrogen) atoms. The highest BCUT2D eigenvalue weighted by Gasteiger charge is 2.43. The molecule has 146 valence electrons. The van der Waals surface area contributed by atoms with E-state index in [4.69, 9.17) is 5.73 Å². The second-order valence-corrected chi connectivity index (χ2v) is 7.44. The summed E-state index contributed by atoms with van der Waals surface area (Å²) in [4.78, 5) is 11.9. The fourth-order valence-corrected chi connectivity index (χ4v) is 3.04. The average Bonchev–Trinajstić information content (AvgIpc) is 2.54. The summed E-state index contributed by atoms with van der Waals surface area (Å²) >= 11 is 0. The van der Waals surface area contributed by atoms with Crippen LogP contribution < -0.4 is 10.5 Å². The molecule has 11 heteroatoms. The number of nitrogens with one attached hydrogen (secondary N) is 1. The molecule has 0 aliphatic rings. The molecule has 0 aliphatic heterocycles. The number of hydrogen-bond donors (Lipinski definition) is 3. The predicted molar refractivity (Wildman–Crippen MR) is 88.5 cm³/mol. The first-order valence-corrected chi connectivity index (χ1v) is 9.12. The number of halogens is 4. The van der Waals surface area contributed by atoms with Crippen LogP contribution in [-0.2, 0) is 26.6 Å². The smallest absolute Gasteiger partial charge is 0.372 e. The molecule has 2 aromatic rings. The van der Waals surface area contributed by atoms with Crippen molar-refractivity contribution in [1.29, 1.82) is 0 Å². The Bertz CT molecular complexity index is 978. The first-order chi connectivity index (χ1) is 12.3. The maximum Gasteiger partial charge on any atom is 0.418 e. The average molecular weight is 406 g/mol. The van der Waals surface area contributed by atoms with Crippen LogP contribution in [0.5, 0.6) is 0 Å². The lowest BCUT2D eigenvalue weighted by atomic mass is 9.84. The van der Waals surface area contributed by atoms with E-state index in [1.165, 1.54) is 35.1 Å². The molecule has 0 saturated heterocycles. The molecule has 0 aromatic heterocycles. The molecule has 6 nitrogen and oxygen atoms in total. The molecular weight excluding hydrogens is 392 g/mol. The van der Waals surface area contributed by atoms with Crippen molar-refractivity contribution in [3.8, 4) is 0 Å². The van der Waals surface area contributed by atoms with Crippen LogP contribution in [-0.4, -0.2) is 25.7 Å². The van der Waals surface area contributed by atoms with Crippen molar-refractivity contribution >= 4 is 21.6 Å². The minimum Gasteiger partial charge on any atom is -0.372 e. The largest absolute Gasteiger partial charge is 0.418 e. The van der Waals surface area contributed by atoms with Crippen molar-refractivity contribution in [2.45, 2.75) is 11.8 Å². The Kier molecular flexibility index (Phi) is 5.21. The molecule has 0 spiro atoms. The number of amides is 1. The number of carbonyl (C=O) groups is 1. The van der Waals surface area contributed by atoms with Gasteiger partial charge in [-0.3, -0.25) is 9.52 Å². The number of rotatable bonds is 5. The molecule has 2 aromatic carbocycles. The van der Waals surface area contributed by atoms with Gasteiger partial charge in [0.25, 0.3) is 5.91 Å².